The number of hydrogen-bond acceptors (Lipinski definition) is 5. The minimum Gasteiger partial charge on any atom is -0.507 e. The standard InChI is InChI=1S/C21H20Cl2N2O6/c1-11-4-6-25(7-5-11)20(28)14-10-13(2-3-17(14)26)31-18-15(22)8-12(9-16(18)23)24-19(27)21(29)30/h2-3,8-11,26H,4-7H2,1H3,(H,24,27)(H,29,30). The topological polar surface area (TPSA) is 116 Å². The van der Waals surface area contributed by atoms with Crippen LogP contribution in [0.1, 0.15) is 30.1 Å². The van der Waals surface area contributed by atoms with Crippen molar-refractivity contribution in [2.75, 3.05) is 18.4 Å². The molecular formula is C21H20Cl2N2O6. The molecule has 1 fully saturated rings. The quantitative estimate of drug-likeness (QED) is 0.575. The van der Waals surface area contributed by atoms with E-state index in [1.54, 1.807) is 4.90 Å². The number of halogens is 2. The zero-order valence-corrected chi connectivity index (χ0v) is 18.0. The van der Waals surface area contributed by atoms with Crippen molar-refractivity contribution >= 4 is 46.7 Å². The summed E-state index contributed by atoms with van der Waals surface area (Å²) in [6, 6.07) is 6.77. The minimum atomic E-state index is -1.66. The van der Waals surface area contributed by atoms with Crippen molar-refractivity contribution in [3.05, 3.63) is 45.9 Å². The molecule has 8 nitrogen and oxygen atoms in total. The average molecular weight is 467 g/mol. The molecule has 3 N–H and O–H groups in total. The lowest BCUT2D eigenvalue weighted by atomic mass is 9.98. The van der Waals surface area contributed by atoms with E-state index >= 15 is 0 Å². The van der Waals surface area contributed by atoms with E-state index in [2.05, 4.69) is 12.2 Å². The average Bonchev–Trinajstić information content (AvgIpc) is 2.72. The van der Waals surface area contributed by atoms with Crippen LogP contribution < -0.4 is 10.1 Å². The first kappa shape index (κ1) is 22.7. The Bertz CT molecular complexity index is 1010. The van der Waals surface area contributed by atoms with Gasteiger partial charge in [0.25, 0.3) is 5.91 Å². The van der Waals surface area contributed by atoms with Gasteiger partial charge in [-0.15, -0.1) is 0 Å². The van der Waals surface area contributed by atoms with Crippen molar-refractivity contribution in [2.45, 2.75) is 19.8 Å². The summed E-state index contributed by atoms with van der Waals surface area (Å²) in [5.74, 6) is -2.53. The number of likely N-dealkylation sites (tertiary alicyclic amines) is 1. The Balaban J connectivity index is 1.81. The lowest BCUT2D eigenvalue weighted by molar-refractivity contribution is -0.147. The molecule has 0 saturated carbocycles. The van der Waals surface area contributed by atoms with E-state index in [-0.39, 0.29) is 44.5 Å². The molecule has 2 amide bonds. The van der Waals surface area contributed by atoms with Crippen LogP contribution in [0, 0.1) is 5.92 Å². The van der Waals surface area contributed by atoms with Gasteiger partial charge in [0.15, 0.2) is 5.75 Å². The van der Waals surface area contributed by atoms with Gasteiger partial charge in [0, 0.05) is 18.8 Å². The summed E-state index contributed by atoms with van der Waals surface area (Å²) in [5, 5.41) is 21.0. The van der Waals surface area contributed by atoms with Gasteiger partial charge in [0.2, 0.25) is 0 Å². The van der Waals surface area contributed by atoms with Crippen molar-refractivity contribution < 1.29 is 29.3 Å². The Morgan fingerprint density at radius 2 is 1.71 bits per heavy atom. The van der Waals surface area contributed by atoms with Crippen LogP contribution in [0.2, 0.25) is 10.0 Å². The summed E-state index contributed by atoms with van der Waals surface area (Å²) in [4.78, 5) is 36.5. The van der Waals surface area contributed by atoms with Crippen LogP contribution in [0.4, 0.5) is 5.69 Å². The van der Waals surface area contributed by atoms with Gasteiger partial charge in [-0.25, -0.2) is 4.79 Å². The van der Waals surface area contributed by atoms with Crippen LogP contribution in [-0.4, -0.2) is 46.0 Å². The predicted molar refractivity (Wildman–Crippen MR) is 115 cm³/mol. The lowest BCUT2D eigenvalue weighted by Gasteiger charge is -2.30. The number of aliphatic carboxylic acids is 1. The first-order valence-corrected chi connectivity index (χ1v) is 10.2. The number of carboxylic acid groups (broad SMARTS) is 1. The Morgan fingerprint density at radius 3 is 2.29 bits per heavy atom. The van der Waals surface area contributed by atoms with Crippen LogP contribution in [0.5, 0.6) is 17.2 Å². The second-order valence-corrected chi connectivity index (χ2v) is 8.10. The van der Waals surface area contributed by atoms with E-state index in [4.69, 9.17) is 33.0 Å². The number of anilines is 1. The van der Waals surface area contributed by atoms with Gasteiger partial charge >= 0.3 is 11.9 Å². The third-order valence-corrected chi connectivity index (χ3v) is 5.50. The number of phenolic OH excluding ortho intramolecular Hbond substituents is 1. The molecule has 31 heavy (non-hydrogen) atoms. The summed E-state index contributed by atoms with van der Waals surface area (Å²) >= 11 is 12.4. The number of nitrogens with one attached hydrogen (secondary N) is 1. The fraction of sp³-hybridized carbons (Fsp3) is 0.286. The normalized spacial score (nSPS) is 14.2. The van der Waals surface area contributed by atoms with Crippen LogP contribution in [-0.2, 0) is 9.59 Å². The van der Waals surface area contributed by atoms with Crippen molar-refractivity contribution in [3.63, 3.8) is 0 Å². The van der Waals surface area contributed by atoms with Crippen LogP contribution in [0.3, 0.4) is 0 Å². The molecule has 3 rings (SSSR count). The van der Waals surface area contributed by atoms with E-state index in [0.29, 0.717) is 19.0 Å². The number of amides is 2. The molecule has 0 radical (unpaired) electrons. The smallest absolute Gasteiger partial charge is 0.394 e. The number of rotatable bonds is 4. The maximum Gasteiger partial charge on any atom is 0.394 e. The molecule has 10 heteroatoms. The number of carbonyl (C=O) groups excluding carboxylic acids is 2. The number of phenols is 1. The summed E-state index contributed by atoms with van der Waals surface area (Å²) in [6.07, 6.45) is 1.80. The fourth-order valence-corrected chi connectivity index (χ4v) is 3.73. The van der Waals surface area contributed by atoms with Gasteiger partial charge in [0.05, 0.1) is 15.6 Å². The number of nitrogens with zero attached hydrogens (tertiary/aromatic N) is 1. The number of hydrogen-bond donors (Lipinski definition) is 3. The largest absolute Gasteiger partial charge is 0.507 e. The van der Waals surface area contributed by atoms with Crippen LogP contribution in [0.15, 0.2) is 30.3 Å². The highest BCUT2D eigenvalue weighted by Gasteiger charge is 2.24. The maximum atomic E-state index is 12.8. The SMILES string of the molecule is CC1CCN(C(=O)c2cc(Oc3c(Cl)cc(NC(=O)C(=O)O)cc3Cl)ccc2O)CC1. The molecule has 0 aliphatic carbocycles. The highest BCUT2D eigenvalue weighted by molar-refractivity contribution is 6.39. The molecule has 2 aromatic rings. The van der Waals surface area contributed by atoms with Gasteiger partial charge in [-0.3, -0.25) is 9.59 Å². The molecule has 1 heterocycles. The maximum absolute atomic E-state index is 12.8. The Kier molecular flexibility index (Phi) is 6.92. The molecule has 0 bridgehead atoms. The minimum absolute atomic E-state index is 0.0131. The third-order valence-electron chi connectivity index (χ3n) is 4.94. The fourth-order valence-electron chi connectivity index (χ4n) is 3.16. The summed E-state index contributed by atoms with van der Waals surface area (Å²) in [7, 11) is 0. The number of benzene rings is 2. The van der Waals surface area contributed by atoms with Crippen molar-refractivity contribution in [3.8, 4) is 17.2 Å². The molecule has 0 spiro atoms. The third kappa shape index (κ3) is 5.39. The van der Waals surface area contributed by atoms with Gasteiger partial charge in [-0.1, -0.05) is 30.1 Å². The molecule has 1 aliphatic heterocycles. The monoisotopic (exact) mass is 466 g/mol. The molecule has 2 aromatic carbocycles. The van der Waals surface area contributed by atoms with Gasteiger partial charge in [0.1, 0.15) is 11.5 Å². The zero-order chi connectivity index (χ0) is 22.7. The van der Waals surface area contributed by atoms with Gasteiger partial charge in [-0.05, 0) is 49.1 Å². The molecule has 164 valence electrons. The molecular weight excluding hydrogens is 447 g/mol. The number of ether oxygens (including phenoxy) is 1. The number of piperidine rings is 1. The Hall–Kier alpha value is -2.97. The summed E-state index contributed by atoms with van der Waals surface area (Å²) < 4.78 is 5.72. The molecule has 0 unspecified atom stereocenters. The van der Waals surface area contributed by atoms with E-state index in [1.165, 1.54) is 30.3 Å². The van der Waals surface area contributed by atoms with Gasteiger partial charge in [-0.2, -0.15) is 0 Å². The highest BCUT2D eigenvalue weighted by Crippen LogP contribution is 2.39. The van der Waals surface area contributed by atoms with Crippen molar-refractivity contribution in [2.24, 2.45) is 5.92 Å². The number of carboxylic acids is 1. The first-order chi connectivity index (χ1) is 14.7. The summed E-state index contributed by atoms with van der Waals surface area (Å²) in [6.45, 7) is 3.37. The van der Waals surface area contributed by atoms with Gasteiger partial charge < -0.3 is 25.2 Å². The molecule has 0 atom stereocenters. The molecule has 1 saturated heterocycles. The molecule has 0 aromatic heterocycles. The van der Waals surface area contributed by atoms with E-state index < -0.39 is 11.9 Å². The van der Waals surface area contributed by atoms with E-state index in [0.717, 1.165) is 12.8 Å². The second-order valence-electron chi connectivity index (χ2n) is 7.28. The second kappa shape index (κ2) is 9.45. The number of aromatic hydroxyl groups is 1. The van der Waals surface area contributed by atoms with Crippen LogP contribution >= 0.6 is 23.2 Å². The summed E-state index contributed by atoms with van der Waals surface area (Å²) in [5.41, 5.74) is 0.181. The lowest BCUT2D eigenvalue weighted by Crippen LogP contribution is -2.37. The van der Waals surface area contributed by atoms with Crippen molar-refractivity contribution in [1.29, 1.82) is 0 Å². The Labute approximate surface area is 188 Å². The predicted octanol–water partition coefficient (Wildman–Crippen LogP) is 4.39. The molecule has 1 aliphatic rings. The van der Waals surface area contributed by atoms with Crippen LogP contribution in [0.25, 0.3) is 0 Å². The first-order valence-electron chi connectivity index (χ1n) is 9.49. The highest BCUT2D eigenvalue weighted by atomic mass is 35.5. The Morgan fingerprint density at radius 1 is 1.10 bits per heavy atom. The number of carbonyl (C=O) groups is 3. The zero-order valence-electron chi connectivity index (χ0n) is 16.5. The van der Waals surface area contributed by atoms with Crippen molar-refractivity contribution in [1.82, 2.24) is 4.90 Å². The van der Waals surface area contributed by atoms with E-state index in [9.17, 15) is 19.5 Å². The van der Waals surface area contributed by atoms with E-state index in [1.807, 2.05) is 0 Å².